The van der Waals surface area contributed by atoms with Gasteiger partial charge in [0.2, 0.25) is 0 Å². The summed E-state index contributed by atoms with van der Waals surface area (Å²) >= 11 is 0. The fraction of sp³-hybridized carbons (Fsp3) is 0.360. The molecule has 0 aliphatic rings. The van der Waals surface area contributed by atoms with Crippen molar-refractivity contribution in [1.29, 1.82) is 0 Å². The minimum atomic E-state index is 0. The number of hydrogen-bond donors (Lipinski definition) is 2. The van der Waals surface area contributed by atoms with E-state index in [0.29, 0.717) is 6.54 Å². The van der Waals surface area contributed by atoms with Crippen molar-refractivity contribution in [2.45, 2.75) is 40.3 Å². The second kappa shape index (κ2) is 13.1. The van der Waals surface area contributed by atoms with Crippen molar-refractivity contribution in [3.63, 3.8) is 0 Å². The minimum absolute atomic E-state index is 0. The third-order valence-corrected chi connectivity index (χ3v) is 5.15. The molecule has 0 atom stereocenters. The molecule has 0 fully saturated rings. The van der Waals surface area contributed by atoms with E-state index < -0.39 is 0 Å². The molecule has 6 nitrogen and oxygen atoms in total. The summed E-state index contributed by atoms with van der Waals surface area (Å²) in [7, 11) is 1.72. The number of imidazole rings is 1. The molecule has 0 radical (unpaired) electrons. The average Bonchev–Trinajstić information content (AvgIpc) is 3.17. The number of halogens is 1. The van der Waals surface area contributed by atoms with Gasteiger partial charge in [-0.3, -0.25) is 0 Å². The molecule has 0 saturated heterocycles. The van der Waals surface area contributed by atoms with Gasteiger partial charge in [-0.2, -0.15) is 0 Å². The van der Waals surface area contributed by atoms with Crippen LogP contribution in [0.15, 0.2) is 59.9 Å². The first-order valence-electron chi connectivity index (χ1n) is 10.8. The molecule has 32 heavy (non-hydrogen) atoms. The number of nitrogens with zero attached hydrogens (tertiary/aromatic N) is 3. The Kier molecular flexibility index (Phi) is 10.5. The standard InChI is InChI=1S/C25H33N5O.HI/c1-5-26-25(28-12-11-23-15-19(2)9-10-24(23)31-4)29-17-21-7-6-8-22(16-21)18-30-14-13-27-20(30)3;/h6-10,13-16H,5,11-12,17-18H2,1-4H3,(H2,26,28,29);1H. The van der Waals surface area contributed by atoms with Crippen LogP contribution in [0, 0.1) is 13.8 Å². The normalized spacial score (nSPS) is 11.1. The van der Waals surface area contributed by atoms with E-state index in [0.717, 1.165) is 43.6 Å². The molecule has 0 amide bonds. The molecule has 0 unspecified atom stereocenters. The molecule has 3 aromatic rings. The highest BCUT2D eigenvalue weighted by molar-refractivity contribution is 14.0. The van der Waals surface area contributed by atoms with Crippen LogP contribution in [0.5, 0.6) is 5.75 Å². The number of hydrogen-bond acceptors (Lipinski definition) is 3. The summed E-state index contributed by atoms with van der Waals surface area (Å²) < 4.78 is 7.63. The zero-order valence-corrected chi connectivity index (χ0v) is 21.7. The van der Waals surface area contributed by atoms with E-state index in [1.54, 1.807) is 7.11 Å². The molecule has 0 saturated carbocycles. The van der Waals surface area contributed by atoms with Crippen LogP contribution in [0.1, 0.15) is 35.0 Å². The Morgan fingerprint density at radius 3 is 2.62 bits per heavy atom. The van der Waals surface area contributed by atoms with Gasteiger partial charge in [-0.15, -0.1) is 24.0 Å². The van der Waals surface area contributed by atoms with Crippen LogP contribution in [-0.4, -0.2) is 35.7 Å². The van der Waals surface area contributed by atoms with Gasteiger partial charge in [0, 0.05) is 32.0 Å². The van der Waals surface area contributed by atoms with Gasteiger partial charge in [-0.1, -0.05) is 42.0 Å². The van der Waals surface area contributed by atoms with E-state index in [-0.39, 0.29) is 24.0 Å². The fourth-order valence-corrected chi connectivity index (χ4v) is 3.52. The highest BCUT2D eigenvalue weighted by atomic mass is 127. The predicted molar refractivity (Wildman–Crippen MR) is 142 cm³/mol. The third-order valence-electron chi connectivity index (χ3n) is 5.15. The Bertz CT molecular complexity index is 1020. The Hall–Kier alpha value is -2.55. The Labute approximate surface area is 208 Å². The van der Waals surface area contributed by atoms with Crippen molar-refractivity contribution in [3.05, 3.63) is 82.9 Å². The van der Waals surface area contributed by atoms with Crippen LogP contribution in [0.25, 0.3) is 0 Å². The Morgan fingerprint density at radius 2 is 1.91 bits per heavy atom. The lowest BCUT2D eigenvalue weighted by Crippen LogP contribution is -2.38. The summed E-state index contributed by atoms with van der Waals surface area (Å²) in [6.45, 7) is 9.25. The second-order valence-corrected chi connectivity index (χ2v) is 7.61. The molecule has 2 N–H and O–H groups in total. The molecule has 0 aliphatic heterocycles. The zero-order chi connectivity index (χ0) is 22.1. The topological polar surface area (TPSA) is 63.5 Å². The molecule has 7 heteroatoms. The van der Waals surface area contributed by atoms with Gasteiger partial charge in [0.25, 0.3) is 0 Å². The van der Waals surface area contributed by atoms with Crippen molar-refractivity contribution in [3.8, 4) is 5.75 Å². The number of aliphatic imine (C=N–C) groups is 1. The van der Waals surface area contributed by atoms with Crippen molar-refractivity contribution in [2.24, 2.45) is 4.99 Å². The van der Waals surface area contributed by atoms with Crippen LogP contribution >= 0.6 is 24.0 Å². The summed E-state index contributed by atoms with van der Waals surface area (Å²) in [4.78, 5) is 9.07. The van der Waals surface area contributed by atoms with Gasteiger partial charge in [-0.05, 0) is 49.9 Å². The molecule has 0 bridgehead atoms. The SMILES string of the molecule is CCNC(=NCc1cccc(Cn2ccnc2C)c1)NCCc1cc(C)ccc1OC.I. The van der Waals surface area contributed by atoms with Gasteiger partial charge in [0.15, 0.2) is 5.96 Å². The molecule has 0 spiro atoms. The number of guanidine groups is 1. The van der Waals surface area contributed by atoms with Crippen molar-refractivity contribution >= 4 is 29.9 Å². The van der Waals surface area contributed by atoms with Crippen molar-refractivity contribution in [1.82, 2.24) is 20.2 Å². The maximum Gasteiger partial charge on any atom is 0.191 e. The Morgan fingerprint density at radius 1 is 1.09 bits per heavy atom. The van der Waals surface area contributed by atoms with E-state index >= 15 is 0 Å². The second-order valence-electron chi connectivity index (χ2n) is 7.61. The number of aryl methyl sites for hydroxylation is 2. The van der Waals surface area contributed by atoms with Gasteiger partial charge in [-0.25, -0.2) is 9.98 Å². The molecule has 0 aliphatic carbocycles. The summed E-state index contributed by atoms with van der Waals surface area (Å²) in [5.41, 5.74) is 4.88. The average molecular weight is 547 g/mol. The quantitative estimate of drug-likeness (QED) is 0.236. The smallest absolute Gasteiger partial charge is 0.191 e. The Balaban J connectivity index is 0.00000363. The minimum Gasteiger partial charge on any atom is -0.496 e. The number of ether oxygens (including phenoxy) is 1. The first-order chi connectivity index (χ1) is 15.1. The third kappa shape index (κ3) is 7.55. The van der Waals surface area contributed by atoms with Gasteiger partial charge < -0.3 is 19.9 Å². The van der Waals surface area contributed by atoms with Crippen molar-refractivity contribution in [2.75, 3.05) is 20.2 Å². The zero-order valence-electron chi connectivity index (χ0n) is 19.4. The molecular formula is C25H34IN5O. The van der Waals surface area contributed by atoms with Crippen LogP contribution in [0.3, 0.4) is 0 Å². The number of rotatable bonds is 9. The van der Waals surface area contributed by atoms with E-state index in [1.807, 2.05) is 25.4 Å². The number of methoxy groups -OCH3 is 1. The van der Waals surface area contributed by atoms with Gasteiger partial charge in [0.05, 0.1) is 13.7 Å². The largest absolute Gasteiger partial charge is 0.496 e. The molecule has 1 aromatic heterocycles. The predicted octanol–water partition coefficient (Wildman–Crippen LogP) is 4.47. The molecule has 3 rings (SSSR count). The van der Waals surface area contributed by atoms with Gasteiger partial charge in [0.1, 0.15) is 11.6 Å². The van der Waals surface area contributed by atoms with E-state index in [1.165, 1.54) is 22.3 Å². The molecule has 1 heterocycles. The lowest BCUT2D eigenvalue weighted by atomic mass is 10.1. The monoisotopic (exact) mass is 547 g/mol. The number of nitrogens with one attached hydrogen (secondary N) is 2. The van der Waals surface area contributed by atoms with Crippen LogP contribution in [0.2, 0.25) is 0 Å². The van der Waals surface area contributed by atoms with E-state index in [4.69, 9.17) is 9.73 Å². The van der Waals surface area contributed by atoms with Crippen LogP contribution in [0.4, 0.5) is 0 Å². The molecule has 2 aromatic carbocycles. The first-order valence-corrected chi connectivity index (χ1v) is 10.8. The summed E-state index contributed by atoms with van der Waals surface area (Å²) in [6, 6.07) is 14.9. The van der Waals surface area contributed by atoms with Crippen LogP contribution < -0.4 is 15.4 Å². The van der Waals surface area contributed by atoms with Gasteiger partial charge >= 0.3 is 0 Å². The lowest BCUT2D eigenvalue weighted by Gasteiger charge is -2.13. The maximum atomic E-state index is 5.49. The highest BCUT2D eigenvalue weighted by Crippen LogP contribution is 2.19. The van der Waals surface area contributed by atoms with Crippen LogP contribution in [-0.2, 0) is 19.5 Å². The first kappa shape index (κ1) is 25.7. The lowest BCUT2D eigenvalue weighted by molar-refractivity contribution is 0.409. The number of aromatic nitrogens is 2. The summed E-state index contributed by atoms with van der Waals surface area (Å²) in [6.07, 6.45) is 4.72. The van der Waals surface area contributed by atoms with Crippen molar-refractivity contribution < 1.29 is 4.74 Å². The molecule has 172 valence electrons. The number of benzene rings is 2. The highest BCUT2D eigenvalue weighted by Gasteiger charge is 2.05. The molecular weight excluding hydrogens is 513 g/mol. The van der Waals surface area contributed by atoms with E-state index in [2.05, 4.69) is 70.4 Å². The fourth-order valence-electron chi connectivity index (χ4n) is 3.52. The maximum absolute atomic E-state index is 5.49. The summed E-state index contributed by atoms with van der Waals surface area (Å²) in [5.74, 6) is 2.77. The summed E-state index contributed by atoms with van der Waals surface area (Å²) in [5, 5.41) is 6.77. The van der Waals surface area contributed by atoms with E-state index in [9.17, 15) is 0 Å².